The quantitative estimate of drug-likeness (QED) is 0.691. The van der Waals surface area contributed by atoms with Crippen LogP contribution in [-0.4, -0.2) is 22.2 Å². The summed E-state index contributed by atoms with van der Waals surface area (Å²) >= 11 is 7.19. The first-order valence-corrected chi connectivity index (χ1v) is 8.89. The maximum atomic E-state index is 12.5. The van der Waals surface area contributed by atoms with Crippen LogP contribution in [0.5, 0.6) is 5.75 Å². The van der Waals surface area contributed by atoms with E-state index in [9.17, 15) is 4.79 Å². The number of amides is 1. The molecule has 1 heterocycles. The van der Waals surface area contributed by atoms with Gasteiger partial charge in [-0.15, -0.1) is 10.2 Å². The van der Waals surface area contributed by atoms with Gasteiger partial charge in [0.15, 0.2) is 0 Å². The van der Waals surface area contributed by atoms with E-state index in [1.165, 1.54) is 11.3 Å². The van der Waals surface area contributed by atoms with Gasteiger partial charge in [0.2, 0.25) is 5.13 Å². The largest absolute Gasteiger partial charge is 0.490 e. The van der Waals surface area contributed by atoms with E-state index in [4.69, 9.17) is 16.3 Å². The zero-order chi connectivity index (χ0) is 17.8. The summed E-state index contributed by atoms with van der Waals surface area (Å²) in [6.45, 7) is 3.83. The summed E-state index contributed by atoms with van der Waals surface area (Å²) in [5.74, 6) is 0.257. The average molecular weight is 374 g/mol. The van der Waals surface area contributed by atoms with Crippen LogP contribution >= 0.6 is 22.9 Å². The molecule has 0 aliphatic rings. The van der Waals surface area contributed by atoms with Gasteiger partial charge in [-0.1, -0.05) is 47.2 Å². The standard InChI is InChI=1S/C18H16ClN3O2S/c1-11(2)24-15-6-4-3-5-14(15)16(23)20-18-22-21-17(25-18)12-7-9-13(19)10-8-12/h3-11H,1-2H3,(H,20,22,23). The number of halogens is 1. The summed E-state index contributed by atoms with van der Waals surface area (Å²) in [5, 5.41) is 12.7. The smallest absolute Gasteiger partial charge is 0.261 e. The number of hydrogen-bond acceptors (Lipinski definition) is 5. The van der Waals surface area contributed by atoms with E-state index in [1.54, 1.807) is 30.3 Å². The predicted molar refractivity (Wildman–Crippen MR) is 101 cm³/mol. The lowest BCUT2D eigenvalue weighted by Gasteiger charge is -2.13. The molecule has 1 aromatic heterocycles. The van der Waals surface area contributed by atoms with Crippen molar-refractivity contribution in [3.8, 4) is 16.3 Å². The maximum Gasteiger partial charge on any atom is 0.261 e. The van der Waals surface area contributed by atoms with Gasteiger partial charge in [-0.25, -0.2) is 0 Å². The Morgan fingerprint density at radius 2 is 1.84 bits per heavy atom. The van der Waals surface area contributed by atoms with Crippen LogP contribution in [0, 0.1) is 0 Å². The molecule has 1 amide bonds. The number of ether oxygens (including phenoxy) is 1. The highest BCUT2D eigenvalue weighted by Gasteiger charge is 2.15. The van der Waals surface area contributed by atoms with E-state index < -0.39 is 0 Å². The highest BCUT2D eigenvalue weighted by molar-refractivity contribution is 7.18. The van der Waals surface area contributed by atoms with Gasteiger partial charge < -0.3 is 4.74 Å². The predicted octanol–water partition coefficient (Wildman–Crippen LogP) is 4.90. The van der Waals surface area contributed by atoms with E-state index in [0.29, 0.717) is 26.5 Å². The molecule has 0 bridgehead atoms. The molecule has 0 saturated heterocycles. The Bertz CT molecular complexity index is 878. The van der Waals surface area contributed by atoms with E-state index in [-0.39, 0.29) is 12.0 Å². The monoisotopic (exact) mass is 373 g/mol. The number of carbonyl (C=O) groups is 1. The van der Waals surface area contributed by atoms with Crippen LogP contribution < -0.4 is 10.1 Å². The topological polar surface area (TPSA) is 64.1 Å². The van der Waals surface area contributed by atoms with Crippen molar-refractivity contribution in [1.29, 1.82) is 0 Å². The van der Waals surface area contributed by atoms with Crippen molar-refractivity contribution in [3.05, 3.63) is 59.1 Å². The molecule has 3 aromatic rings. The van der Waals surface area contributed by atoms with E-state index >= 15 is 0 Å². The molecular weight excluding hydrogens is 358 g/mol. The Labute approximate surface area is 154 Å². The van der Waals surface area contributed by atoms with Crippen LogP contribution in [0.4, 0.5) is 5.13 Å². The van der Waals surface area contributed by atoms with Crippen LogP contribution in [0.2, 0.25) is 5.02 Å². The molecule has 7 heteroatoms. The number of aromatic nitrogens is 2. The lowest BCUT2D eigenvalue weighted by Crippen LogP contribution is -2.15. The van der Waals surface area contributed by atoms with E-state index in [2.05, 4.69) is 15.5 Å². The molecule has 0 saturated carbocycles. The van der Waals surface area contributed by atoms with Crippen molar-refractivity contribution < 1.29 is 9.53 Å². The number of carbonyl (C=O) groups excluding carboxylic acids is 1. The second-order valence-corrected chi connectivity index (χ2v) is 6.95. The summed E-state index contributed by atoms with van der Waals surface area (Å²) < 4.78 is 5.68. The lowest BCUT2D eigenvalue weighted by molar-refractivity contribution is 0.102. The third-order valence-corrected chi connectivity index (χ3v) is 4.37. The van der Waals surface area contributed by atoms with Crippen molar-refractivity contribution in [3.63, 3.8) is 0 Å². The van der Waals surface area contributed by atoms with E-state index in [1.807, 2.05) is 32.0 Å². The molecule has 0 aliphatic carbocycles. The number of hydrogen-bond donors (Lipinski definition) is 1. The summed E-state index contributed by atoms with van der Waals surface area (Å²) in [7, 11) is 0. The van der Waals surface area contributed by atoms with Crippen LogP contribution in [0.3, 0.4) is 0 Å². The first-order chi connectivity index (χ1) is 12.0. The summed E-state index contributed by atoms with van der Waals surface area (Å²) in [6.07, 6.45) is -0.0213. The van der Waals surface area contributed by atoms with Crippen molar-refractivity contribution >= 4 is 34.0 Å². The first-order valence-electron chi connectivity index (χ1n) is 7.69. The molecule has 0 atom stereocenters. The molecule has 1 N–H and O–H groups in total. The maximum absolute atomic E-state index is 12.5. The van der Waals surface area contributed by atoms with Gasteiger partial charge in [-0.05, 0) is 38.1 Å². The molecule has 128 valence electrons. The fraction of sp³-hybridized carbons (Fsp3) is 0.167. The Morgan fingerprint density at radius 3 is 2.56 bits per heavy atom. The Balaban J connectivity index is 1.77. The minimum Gasteiger partial charge on any atom is -0.490 e. The second kappa shape index (κ2) is 7.63. The minimum absolute atomic E-state index is 0.0213. The van der Waals surface area contributed by atoms with Crippen molar-refractivity contribution in [2.24, 2.45) is 0 Å². The van der Waals surface area contributed by atoms with Gasteiger partial charge in [0.05, 0.1) is 11.7 Å². The van der Waals surface area contributed by atoms with Crippen LogP contribution in [0.25, 0.3) is 10.6 Å². The third kappa shape index (κ3) is 4.35. The average Bonchev–Trinajstić information content (AvgIpc) is 3.04. The van der Waals surface area contributed by atoms with Crippen LogP contribution in [0.1, 0.15) is 24.2 Å². The van der Waals surface area contributed by atoms with Crippen molar-refractivity contribution in [2.45, 2.75) is 20.0 Å². The molecule has 25 heavy (non-hydrogen) atoms. The highest BCUT2D eigenvalue weighted by Crippen LogP contribution is 2.28. The second-order valence-electron chi connectivity index (χ2n) is 5.54. The Kier molecular flexibility index (Phi) is 5.31. The van der Waals surface area contributed by atoms with Gasteiger partial charge in [-0.2, -0.15) is 0 Å². The molecule has 5 nitrogen and oxygen atoms in total. The van der Waals surface area contributed by atoms with Crippen LogP contribution in [0.15, 0.2) is 48.5 Å². The minimum atomic E-state index is -0.282. The Morgan fingerprint density at radius 1 is 1.12 bits per heavy atom. The molecule has 0 fully saturated rings. The van der Waals surface area contributed by atoms with Gasteiger partial charge in [0, 0.05) is 10.6 Å². The SMILES string of the molecule is CC(C)Oc1ccccc1C(=O)Nc1nnc(-c2ccc(Cl)cc2)s1. The molecule has 3 rings (SSSR count). The molecule has 0 aliphatic heterocycles. The fourth-order valence-electron chi connectivity index (χ4n) is 2.16. The molecular formula is C18H16ClN3O2S. The zero-order valence-electron chi connectivity index (χ0n) is 13.7. The highest BCUT2D eigenvalue weighted by atomic mass is 35.5. The summed E-state index contributed by atoms with van der Waals surface area (Å²) in [4.78, 5) is 12.5. The molecule has 2 aromatic carbocycles. The fourth-order valence-corrected chi connectivity index (χ4v) is 3.03. The first kappa shape index (κ1) is 17.4. The number of nitrogens with one attached hydrogen (secondary N) is 1. The normalized spacial score (nSPS) is 10.7. The number of nitrogens with zero attached hydrogens (tertiary/aromatic N) is 2. The van der Waals surface area contributed by atoms with Crippen molar-refractivity contribution in [2.75, 3.05) is 5.32 Å². The number of benzene rings is 2. The lowest BCUT2D eigenvalue weighted by atomic mass is 10.2. The van der Waals surface area contributed by atoms with Gasteiger partial charge in [-0.3, -0.25) is 10.1 Å². The summed E-state index contributed by atoms with van der Waals surface area (Å²) in [5.41, 5.74) is 1.35. The molecule has 0 unspecified atom stereocenters. The summed E-state index contributed by atoms with van der Waals surface area (Å²) in [6, 6.07) is 14.4. The number of anilines is 1. The Hall–Kier alpha value is -2.44. The molecule has 0 radical (unpaired) electrons. The van der Waals surface area contributed by atoms with Crippen LogP contribution in [-0.2, 0) is 0 Å². The zero-order valence-corrected chi connectivity index (χ0v) is 15.3. The number of para-hydroxylation sites is 1. The molecule has 0 spiro atoms. The van der Waals surface area contributed by atoms with E-state index in [0.717, 1.165) is 5.56 Å². The van der Waals surface area contributed by atoms with Gasteiger partial charge in [0.25, 0.3) is 5.91 Å². The third-order valence-electron chi connectivity index (χ3n) is 3.23. The van der Waals surface area contributed by atoms with Gasteiger partial charge in [0.1, 0.15) is 10.8 Å². The van der Waals surface area contributed by atoms with Gasteiger partial charge >= 0.3 is 0 Å². The number of rotatable bonds is 5. The van der Waals surface area contributed by atoms with Crippen molar-refractivity contribution in [1.82, 2.24) is 10.2 Å².